The smallest absolute Gasteiger partial charge is 0.287 e. The Kier molecular flexibility index (Phi) is 4.08. The zero-order chi connectivity index (χ0) is 12.2. The molecule has 0 saturated carbocycles. The van der Waals surface area contributed by atoms with Gasteiger partial charge in [0.05, 0.1) is 0 Å². The first-order valence-corrected chi connectivity index (χ1v) is 6.37. The van der Waals surface area contributed by atoms with Crippen molar-refractivity contribution in [1.82, 2.24) is 10.0 Å². The van der Waals surface area contributed by atoms with Crippen molar-refractivity contribution < 1.29 is 17.6 Å². The highest BCUT2D eigenvalue weighted by Gasteiger charge is 2.19. The Balaban J connectivity index is 2.91. The fourth-order valence-corrected chi connectivity index (χ4v) is 2.06. The van der Waals surface area contributed by atoms with Crippen LogP contribution < -0.4 is 10.0 Å². The molecule has 0 saturated heterocycles. The van der Waals surface area contributed by atoms with Gasteiger partial charge in [-0.25, -0.2) is 13.1 Å². The van der Waals surface area contributed by atoms with E-state index in [0.717, 1.165) is 0 Å². The number of carbonyl (C=O) groups is 1. The summed E-state index contributed by atoms with van der Waals surface area (Å²) in [6.45, 7) is 4.14. The Hall–Kier alpha value is -1.34. The molecule has 0 aliphatic rings. The first kappa shape index (κ1) is 12.7. The molecule has 0 bridgehead atoms. The lowest BCUT2D eigenvalue weighted by Crippen LogP contribution is -2.23. The van der Waals surface area contributed by atoms with Gasteiger partial charge in [-0.2, -0.15) is 0 Å². The van der Waals surface area contributed by atoms with E-state index in [1.54, 1.807) is 13.8 Å². The number of sulfonamides is 1. The molecule has 0 atom stereocenters. The Morgan fingerprint density at radius 2 is 2.00 bits per heavy atom. The van der Waals surface area contributed by atoms with E-state index in [1.807, 2.05) is 0 Å². The molecule has 1 aromatic heterocycles. The fraction of sp³-hybridized carbons (Fsp3) is 0.444. The second-order valence-electron chi connectivity index (χ2n) is 2.98. The first-order valence-electron chi connectivity index (χ1n) is 4.89. The summed E-state index contributed by atoms with van der Waals surface area (Å²) in [5, 5.41) is 2.26. The lowest BCUT2D eigenvalue weighted by Gasteiger charge is -2.00. The molecule has 0 aliphatic carbocycles. The van der Waals surface area contributed by atoms with Crippen molar-refractivity contribution in [2.24, 2.45) is 0 Å². The number of amides is 1. The van der Waals surface area contributed by atoms with Crippen LogP contribution in [-0.2, 0) is 10.0 Å². The van der Waals surface area contributed by atoms with E-state index in [-0.39, 0.29) is 17.4 Å². The van der Waals surface area contributed by atoms with Crippen LogP contribution in [-0.4, -0.2) is 27.4 Å². The van der Waals surface area contributed by atoms with E-state index in [9.17, 15) is 13.2 Å². The molecule has 0 aromatic carbocycles. The Morgan fingerprint density at radius 3 is 2.56 bits per heavy atom. The molecule has 7 heteroatoms. The minimum Gasteiger partial charge on any atom is -0.438 e. The molecule has 16 heavy (non-hydrogen) atoms. The van der Waals surface area contributed by atoms with E-state index >= 15 is 0 Å². The first-order chi connectivity index (χ1) is 7.51. The van der Waals surface area contributed by atoms with Crippen LogP contribution in [0.15, 0.2) is 21.6 Å². The maximum Gasteiger partial charge on any atom is 0.287 e. The van der Waals surface area contributed by atoms with Crippen LogP contribution >= 0.6 is 0 Å². The average molecular weight is 246 g/mol. The predicted molar refractivity (Wildman–Crippen MR) is 57.6 cm³/mol. The van der Waals surface area contributed by atoms with Crippen LogP contribution in [0.5, 0.6) is 0 Å². The minimum absolute atomic E-state index is 0.0154. The molecular formula is C9H14N2O4S. The third-order valence-electron chi connectivity index (χ3n) is 1.74. The molecule has 2 N–H and O–H groups in total. The summed E-state index contributed by atoms with van der Waals surface area (Å²) in [7, 11) is -3.63. The zero-order valence-corrected chi connectivity index (χ0v) is 9.93. The highest BCUT2D eigenvalue weighted by Crippen LogP contribution is 2.13. The van der Waals surface area contributed by atoms with Gasteiger partial charge in [0.2, 0.25) is 5.09 Å². The fourth-order valence-electron chi connectivity index (χ4n) is 1.10. The summed E-state index contributed by atoms with van der Waals surface area (Å²) in [6, 6.07) is 2.58. The zero-order valence-electron chi connectivity index (χ0n) is 9.11. The van der Waals surface area contributed by atoms with Crippen molar-refractivity contribution in [3.05, 3.63) is 17.9 Å². The monoisotopic (exact) mass is 246 g/mol. The second kappa shape index (κ2) is 5.13. The molecule has 0 aliphatic heterocycles. The molecule has 90 valence electrons. The largest absolute Gasteiger partial charge is 0.438 e. The topological polar surface area (TPSA) is 88.4 Å². The van der Waals surface area contributed by atoms with Crippen molar-refractivity contribution in [2.45, 2.75) is 18.9 Å². The molecule has 6 nitrogen and oxygen atoms in total. The van der Waals surface area contributed by atoms with Crippen LogP contribution in [0.2, 0.25) is 0 Å². The van der Waals surface area contributed by atoms with E-state index in [4.69, 9.17) is 4.42 Å². The van der Waals surface area contributed by atoms with Gasteiger partial charge in [0.15, 0.2) is 5.76 Å². The SMILES string of the molecule is CCNC(=O)c1ccc(S(=O)(=O)NCC)o1. The number of nitrogens with one attached hydrogen (secondary N) is 2. The van der Waals surface area contributed by atoms with Crippen LogP contribution in [0, 0.1) is 0 Å². The van der Waals surface area contributed by atoms with E-state index in [2.05, 4.69) is 10.0 Å². The lowest BCUT2D eigenvalue weighted by molar-refractivity contribution is 0.0923. The molecule has 1 amide bonds. The quantitative estimate of drug-likeness (QED) is 0.783. The van der Waals surface area contributed by atoms with Gasteiger partial charge in [0.25, 0.3) is 15.9 Å². The van der Waals surface area contributed by atoms with Gasteiger partial charge < -0.3 is 9.73 Å². The molecule has 1 rings (SSSR count). The average Bonchev–Trinajstić information content (AvgIpc) is 2.67. The number of furan rings is 1. The molecule has 1 aromatic rings. The van der Waals surface area contributed by atoms with Crippen molar-refractivity contribution in [3.8, 4) is 0 Å². The van der Waals surface area contributed by atoms with E-state index in [1.165, 1.54) is 12.1 Å². The van der Waals surface area contributed by atoms with Crippen molar-refractivity contribution in [1.29, 1.82) is 0 Å². The normalized spacial score (nSPS) is 11.4. The van der Waals surface area contributed by atoms with Gasteiger partial charge >= 0.3 is 0 Å². The lowest BCUT2D eigenvalue weighted by atomic mass is 10.4. The maximum absolute atomic E-state index is 11.5. The minimum atomic E-state index is -3.63. The van der Waals surface area contributed by atoms with Crippen molar-refractivity contribution in [3.63, 3.8) is 0 Å². The summed E-state index contributed by atoms with van der Waals surface area (Å²) < 4.78 is 30.2. The molecule has 0 radical (unpaired) electrons. The number of hydrogen-bond acceptors (Lipinski definition) is 4. The summed E-state index contributed by atoms with van der Waals surface area (Å²) in [6.07, 6.45) is 0. The number of hydrogen-bond donors (Lipinski definition) is 2. The standard InChI is InChI=1S/C9H14N2O4S/c1-3-10-9(12)7-5-6-8(15-7)16(13,14)11-4-2/h5-6,11H,3-4H2,1-2H3,(H,10,12). The summed E-state index contributed by atoms with van der Waals surface area (Å²) in [5.41, 5.74) is 0. The van der Waals surface area contributed by atoms with E-state index < -0.39 is 15.9 Å². The highest BCUT2D eigenvalue weighted by molar-refractivity contribution is 7.89. The van der Waals surface area contributed by atoms with Gasteiger partial charge in [-0.3, -0.25) is 4.79 Å². The molecule has 0 fully saturated rings. The molecule has 0 spiro atoms. The number of carbonyl (C=O) groups excluding carboxylic acids is 1. The van der Waals surface area contributed by atoms with Crippen molar-refractivity contribution >= 4 is 15.9 Å². The second-order valence-corrected chi connectivity index (χ2v) is 4.68. The van der Waals surface area contributed by atoms with Crippen LogP contribution in [0.4, 0.5) is 0 Å². The third-order valence-corrected chi connectivity index (χ3v) is 3.16. The van der Waals surface area contributed by atoms with Gasteiger partial charge in [0.1, 0.15) is 0 Å². The number of rotatable bonds is 5. The highest BCUT2D eigenvalue weighted by atomic mass is 32.2. The van der Waals surface area contributed by atoms with Gasteiger partial charge in [-0.1, -0.05) is 6.92 Å². The Bertz CT molecular complexity index is 464. The molecule has 1 heterocycles. The Labute approximate surface area is 94.1 Å². The molecule has 0 unspecified atom stereocenters. The summed E-state index contributed by atoms with van der Waals surface area (Å²) >= 11 is 0. The van der Waals surface area contributed by atoms with Crippen molar-refractivity contribution in [2.75, 3.05) is 13.1 Å². The predicted octanol–water partition coefficient (Wildman–Crippen LogP) is 0.327. The van der Waals surface area contributed by atoms with Gasteiger partial charge in [-0.15, -0.1) is 0 Å². The van der Waals surface area contributed by atoms with Gasteiger partial charge in [0, 0.05) is 13.1 Å². The summed E-state index contributed by atoms with van der Waals surface area (Å²) in [5.74, 6) is -0.446. The Morgan fingerprint density at radius 1 is 1.31 bits per heavy atom. The maximum atomic E-state index is 11.5. The summed E-state index contributed by atoms with van der Waals surface area (Å²) in [4.78, 5) is 11.3. The third kappa shape index (κ3) is 2.83. The van der Waals surface area contributed by atoms with Crippen LogP contribution in [0.1, 0.15) is 24.4 Å². The molecular weight excluding hydrogens is 232 g/mol. The van der Waals surface area contributed by atoms with Crippen LogP contribution in [0.25, 0.3) is 0 Å². The van der Waals surface area contributed by atoms with Crippen LogP contribution in [0.3, 0.4) is 0 Å². The van der Waals surface area contributed by atoms with E-state index in [0.29, 0.717) is 6.54 Å². The van der Waals surface area contributed by atoms with Gasteiger partial charge in [-0.05, 0) is 19.1 Å².